The third kappa shape index (κ3) is 5.21. The zero-order valence-corrected chi connectivity index (χ0v) is 15.6. The molecule has 0 fully saturated rings. The summed E-state index contributed by atoms with van der Waals surface area (Å²) in [6.07, 6.45) is 0.154. The molecule has 0 spiro atoms. The van der Waals surface area contributed by atoms with Crippen LogP contribution in [0.3, 0.4) is 0 Å². The fraction of sp³-hybridized carbons (Fsp3) is 0.211. The monoisotopic (exact) mass is 390 g/mol. The summed E-state index contributed by atoms with van der Waals surface area (Å²) in [4.78, 5) is 35.8. The summed E-state index contributed by atoms with van der Waals surface area (Å²) in [5.74, 6) is -1.30. The van der Waals surface area contributed by atoms with Gasteiger partial charge in [-0.1, -0.05) is 23.7 Å². The SMILES string of the molecule is COC(=O)c1cccc(C(=O)N[C@H](Cc2ccc(OC)c(Cl)c2)C(N)=O)c1. The number of primary amides is 1. The third-order valence-corrected chi connectivity index (χ3v) is 4.15. The predicted molar refractivity (Wildman–Crippen MR) is 99.9 cm³/mol. The first kappa shape index (κ1) is 20.3. The molecule has 2 aromatic carbocycles. The van der Waals surface area contributed by atoms with Crippen molar-refractivity contribution in [3.63, 3.8) is 0 Å². The molecule has 2 rings (SSSR count). The number of hydrogen-bond acceptors (Lipinski definition) is 5. The van der Waals surface area contributed by atoms with Crippen LogP contribution in [-0.2, 0) is 16.0 Å². The van der Waals surface area contributed by atoms with E-state index in [9.17, 15) is 14.4 Å². The minimum absolute atomic E-state index is 0.154. The number of nitrogens with one attached hydrogen (secondary N) is 1. The van der Waals surface area contributed by atoms with Crippen LogP contribution in [0, 0.1) is 0 Å². The minimum atomic E-state index is -0.955. The van der Waals surface area contributed by atoms with Gasteiger partial charge in [0.15, 0.2) is 0 Å². The molecule has 0 aliphatic carbocycles. The van der Waals surface area contributed by atoms with E-state index in [-0.39, 0.29) is 17.5 Å². The van der Waals surface area contributed by atoms with Gasteiger partial charge in [-0.05, 0) is 35.9 Å². The normalized spacial score (nSPS) is 11.4. The van der Waals surface area contributed by atoms with E-state index < -0.39 is 23.8 Å². The Morgan fingerprint density at radius 1 is 1.11 bits per heavy atom. The van der Waals surface area contributed by atoms with Crippen LogP contribution >= 0.6 is 11.6 Å². The van der Waals surface area contributed by atoms with E-state index in [2.05, 4.69) is 10.1 Å². The van der Waals surface area contributed by atoms with E-state index in [1.165, 1.54) is 32.4 Å². The quantitative estimate of drug-likeness (QED) is 0.702. The van der Waals surface area contributed by atoms with Gasteiger partial charge in [0.05, 0.1) is 24.8 Å². The van der Waals surface area contributed by atoms with Crippen LogP contribution in [0.25, 0.3) is 0 Å². The summed E-state index contributed by atoms with van der Waals surface area (Å²) in [6, 6.07) is 10.0. The van der Waals surface area contributed by atoms with Crippen LogP contribution in [0.5, 0.6) is 5.75 Å². The lowest BCUT2D eigenvalue weighted by Gasteiger charge is -2.16. The highest BCUT2D eigenvalue weighted by Gasteiger charge is 2.21. The molecule has 0 saturated heterocycles. The second-order valence-corrected chi connectivity index (χ2v) is 6.08. The second kappa shape index (κ2) is 9.05. The maximum atomic E-state index is 12.5. The van der Waals surface area contributed by atoms with Gasteiger partial charge in [-0.25, -0.2) is 4.79 Å². The highest BCUT2D eigenvalue weighted by atomic mass is 35.5. The lowest BCUT2D eigenvalue weighted by Crippen LogP contribution is -2.45. The van der Waals surface area contributed by atoms with Crippen molar-refractivity contribution in [1.82, 2.24) is 5.32 Å². The second-order valence-electron chi connectivity index (χ2n) is 5.67. The topological polar surface area (TPSA) is 108 Å². The van der Waals surface area contributed by atoms with Crippen molar-refractivity contribution in [2.24, 2.45) is 5.73 Å². The summed E-state index contributed by atoms with van der Waals surface area (Å²) in [7, 11) is 2.74. The van der Waals surface area contributed by atoms with E-state index in [0.29, 0.717) is 16.3 Å². The number of halogens is 1. The number of benzene rings is 2. The summed E-state index contributed by atoms with van der Waals surface area (Å²) in [6.45, 7) is 0. The number of nitrogens with two attached hydrogens (primary N) is 1. The first-order valence-corrected chi connectivity index (χ1v) is 8.34. The Kier molecular flexibility index (Phi) is 6.79. The molecule has 2 amide bonds. The Morgan fingerprint density at radius 3 is 2.41 bits per heavy atom. The number of hydrogen-bond donors (Lipinski definition) is 2. The average Bonchev–Trinajstić information content (AvgIpc) is 2.66. The summed E-state index contributed by atoms with van der Waals surface area (Å²) in [5, 5.41) is 2.96. The van der Waals surface area contributed by atoms with Crippen LogP contribution in [0.1, 0.15) is 26.3 Å². The van der Waals surface area contributed by atoms with Crippen molar-refractivity contribution in [3.8, 4) is 5.75 Å². The minimum Gasteiger partial charge on any atom is -0.495 e. The first-order chi connectivity index (χ1) is 12.8. The molecule has 142 valence electrons. The number of carbonyl (C=O) groups is 3. The van der Waals surface area contributed by atoms with Crippen molar-refractivity contribution in [3.05, 3.63) is 64.2 Å². The number of rotatable bonds is 7. The predicted octanol–water partition coefficient (Wildman–Crippen LogP) is 1.96. The molecule has 0 aliphatic rings. The standard InChI is InChI=1S/C19H19ClN2O5/c1-26-16-7-6-11(8-14(16)20)9-15(17(21)23)22-18(24)12-4-3-5-13(10-12)19(25)27-2/h3-8,10,15H,9H2,1-2H3,(H2,21,23)(H,22,24)/t15-/m1/s1. The first-order valence-electron chi connectivity index (χ1n) is 7.96. The van der Waals surface area contributed by atoms with Gasteiger partial charge in [0.25, 0.3) is 5.91 Å². The van der Waals surface area contributed by atoms with Crippen molar-refractivity contribution in [2.75, 3.05) is 14.2 Å². The fourth-order valence-electron chi connectivity index (χ4n) is 2.44. The molecule has 27 heavy (non-hydrogen) atoms. The van der Waals surface area contributed by atoms with E-state index in [1.54, 1.807) is 24.3 Å². The Morgan fingerprint density at radius 2 is 1.81 bits per heavy atom. The van der Waals surface area contributed by atoms with Gasteiger partial charge in [-0.2, -0.15) is 0 Å². The molecule has 0 saturated carbocycles. The molecule has 2 aromatic rings. The molecule has 3 N–H and O–H groups in total. The van der Waals surface area contributed by atoms with Crippen LogP contribution in [0.4, 0.5) is 0 Å². The molecule has 0 radical (unpaired) electrons. The number of methoxy groups -OCH3 is 2. The zero-order chi connectivity index (χ0) is 20.0. The van der Waals surface area contributed by atoms with E-state index in [1.807, 2.05) is 0 Å². The molecular weight excluding hydrogens is 372 g/mol. The summed E-state index contributed by atoms with van der Waals surface area (Å²) in [5.41, 5.74) is 6.55. The van der Waals surface area contributed by atoms with Crippen LogP contribution in [0.15, 0.2) is 42.5 Å². The molecule has 0 unspecified atom stereocenters. The smallest absolute Gasteiger partial charge is 0.337 e. The molecule has 1 atom stereocenters. The zero-order valence-electron chi connectivity index (χ0n) is 14.8. The number of ether oxygens (including phenoxy) is 2. The van der Waals surface area contributed by atoms with Crippen LogP contribution in [0.2, 0.25) is 5.02 Å². The number of esters is 1. The van der Waals surface area contributed by atoms with E-state index >= 15 is 0 Å². The van der Waals surface area contributed by atoms with Gasteiger partial charge in [0, 0.05) is 12.0 Å². The van der Waals surface area contributed by atoms with Crippen LogP contribution < -0.4 is 15.8 Å². The molecule has 0 heterocycles. The summed E-state index contributed by atoms with van der Waals surface area (Å²) >= 11 is 6.08. The van der Waals surface area contributed by atoms with Crippen molar-refractivity contribution >= 4 is 29.4 Å². The molecule has 7 nitrogen and oxygen atoms in total. The number of amides is 2. The van der Waals surface area contributed by atoms with Gasteiger partial charge in [-0.15, -0.1) is 0 Å². The molecular formula is C19H19ClN2O5. The average molecular weight is 391 g/mol. The maximum absolute atomic E-state index is 12.5. The largest absolute Gasteiger partial charge is 0.495 e. The molecule has 0 aliphatic heterocycles. The highest BCUT2D eigenvalue weighted by molar-refractivity contribution is 6.32. The van der Waals surface area contributed by atoms with Gasteiger partial charge in [-0.3, -0.25) is 9.59 Å². The third-order valence-electron chi connectivity index (χ3n) is 3.85. The number of carbonyl (C=O) groups excluding carboxylic acids is 3. The van der Waals surface area contributed by atoms with E-state index in [0.717, 1.165) is 0 Å². The Bertz CT molecular complexity index is 869. The molecule has 8 heteroatoms. The lowest BCUT2D eigenvalue weighted by molar-refractivity contribution is -0.119. The Labute approximate surface area is 161 Å². The highest BCUT2D eigenvalue weighted by Crippen LogP contribution is 2.25. The maximum Gasteiger partial charge on any atom is 0.337 e. The Hall–Kier alpha value is -3.06. The fourth-order valence-corrected chi connectivity index (χ4v) is 2.72. The van der Waals surface area contributed by atoms with E-state index in [4.69, 9.17) is 22.1 Å². The Balaban J connectivity index is 2.16. The molecule has 0 bridgehead atoms. The van der Waals surface area contributed by atoms with Crippen molar-refractivity contribution < 1.29 is 23.9 Å². The molecule has 0 aromatic heterocycles. The van der Waals surface area contributed by atoms with Crippen molar-refractivity contribution in [2.45, 2.75) is 12.5 Å². The van der Waals surface area contributed by atoms with Crippen molar-refractivity contribution in [1.29, 1.82) is 0 Å². The van der Waals surface area contributed by atoms with Gasteiger partial charge >= 0.3 is 5.97 Å². The lowest BCUT2D eigenvalue weighted by atomic mass is 10.0. The van der Waals surface area contributed by atoms with Crippen LogP contribution in [-0.4, -0.2) is 38.0 Å². The summed E-state index contributed by atoms with van der Waals surface area (Å²) < 4.78 is 9.72. The van der Waals surface area contributed by atoms with Gasteiger partial charge in [0.2, 0.25) is 5.91 Å². The van der Waals surface area contributed by atoms with Gasteiger partial charge < -0.3 is 20.5 Å². The van der Waals surface area contributed by atoms with Gasteiger partial charge in [0.1, 0.15) is 11.8 Å².